The van der Waals surface area contributed by atoms with E-state index in [9.17, 15) is 9.90 Å². The first-order chi connectivity index (χ1) is 11.1. The Balaban J connectivity index is 1.97. The smallest absolute Gasteiger partial charge is 0.206 e. The highest BCUT2D eigenvalue weighted by atomic mass is 32.1. The zero-order chi connectivity index (χ0) is 17.7. The minimum Gasteiger partial charge on any atom is -0.390 e. The molecular weight excluding hydrogens is 322 g/mol. The number of hydrogen-bond acceptors (Lipinski definition) is 5. The van der Waals surface area contributed by atoms with Crippen molar-refractivity contribution >= 4 is 11.3 Å². The van der Waals surface area contributed by atoms with Gasteiger partial charge in [-0.2, -0.15) is 5.10 Å². The van der Waals surface area contributed by atoms with E-state index < -0.39 is 0 Å². The fourth-order valence-electron chi connectivity index (χ4n) is 3.93. The quantitative estimate of drug-likeness (QED) is 0.927. The summed E-state index contributed by atoms with van der Waals surface area (Å²) in [5.41, 5.74) is 2.35. The Bertz CT molecular complexity index is 833. The third-order valence-electron chi connectivity index (χ3n) is 4.63. The van der Waals surface area contributed by atoms with Crippen LogP contribution >= 0.6 is 11.3 Å². The third-order valence-corrected chi connectivity index (χ3v) is 6.08. The van der Waals surface area contributed by atoms with E-state index in [0.717, 1.165) is 23.5 Å². The molecule has 0 saturated heterocycles. The fourth-order valence-corrected chi connectivity index (χ4v) is 5.09. The van der Waals surface area contributed by atoms with E-state index >= 15 is 0 Å². The van der Waals surface area contributed by atoms with Gasteiger partial charge in [-0.05, 0) is 25.2 Å². The predicted octanol–water partition coefficient (Wildman–Crippen LogP) is 2.80. The molecule has 2 aromatic rings. The first kappa shape index (κ1) is 17.3. The second kappa shape index (κ2) is 5.77. The molecule has 6 heteroatoms. The van der Waals surface area contributed by atoms with Crippen LogP contribution in [0.2, 0.25) is 0 Å². The summed E-state index contributed by atoms with van der Waals surface area (Å²) in [6, 6.07) is 1.53. The molecular formula is C18H25N3O2S. The minimum atomic E-state index is -0.339. The van der Waals surface area contributed by atoms with Gasteiger partial charge in [-0.3, -0.25) is 9.48 Å². The summed E-state index contributed by atoms with van der Waals surface area (Å²) in [6.07, 6.45) is 2.15. The maximum Gasteiger partial charge on any atom is 0.206 e. The van der Waals surface area contributed by atoms with Crippen molar-refractivity contribution in [3.63, 3.8) is 0 Å². The lowest BCUT2D eigenvalue weighted by molar-refractivity contribution is 0.232. The van der Waals surface area contributed by atoms with Crippen molar-refractivity contribution in [2.45, 2.75) is 66.0 Å². The molecule has 0 bridgehead atoms. The van der Waals surface area contributed by atoms with Gasteiger partial charge in [0.05, 0.1) is 18.8 Å². The lowest BCUT2D eigenvalue weighted by Crippen LogP contribution is -2.33. The maximum absolute atomic E-state index is 11.7. The number of aliphatic hydroxyl groups is 1. The lowest BCUT2D eigenvalue weighted by Gasteiger charge is -2.39. The number of aryl methyl sites for hydroxylation is 1. The Hall–Kier alpha value is -1.53. The Morgan fingerprint density at radius 1 is 1.33 bits per heavy atom. The average Bonchev–Trinajstić information content (AvgIpc) is 2.83. The Kier molecular flexibility index (Phi) is 4.16. The van der Waals surface area contributed by atoms with Crippen LogP contribution in [0, 0.1) is 12.3 Å². The van der Waals surface area contributed by atoms with Crippen LogP contribution < -0.4 is 5.43 Å². The Morgan fingerprint density at radius 2 is 2.04 bits per heavy atom. The van der Waals surface area contributed by atoms with Crippen LogP contribution in [0.25, 0.3) is 0 Å². The summed E-state index contributed by atoms with van der Waals surface area (Å²) < 4.78 is 1.76. The van der Waals surface area contributed by atoms with E-state index in [1.165, 1.54) is 16.6 Å². The molecule has 1 aliphatic carbocycles. The standard InChI is InChI=1S/C18H25N3O2S/c1-11-6-14(23)13(9-22)20-21(11)8-15-19-12-7-17(2,3)10-18(4,5)16(12)24-15/h6,22H,7-10H2,1-5H3. The van der Waals surface area contributed by atoms with Gasteiger partial charge in [0.15, 0.2) is 0 Å². The van der Waals surface area contributed by atoms with Crippen LogP contribution in [0.1, 0.15) is 61.1 Å². The molecule has 24 heavy (non-hydrogen) atoms. The first-order valence-electron chi connectivity index (χ1n) is 8.29. The van der Waals surface area contributed by atoms with Gasteiger partial charge in [-0.25, -0.2) is 4.98 Å². The van der Waals surface area contributed by atoms with E-state index in [2.05, 4.69) is 32.8 Å². The first-order valence-corrected chi connectivity index (χ1v) is 9.10. The van der Waals surface area contributed by atoms with Gasteiger partial charge in [-0.15, -0.1) is 11.3 Å². The number of fused-ring (bicyclic) bond motifs is 1. The number of aromatic nitrogens is 3. The lowest BCUT2D eigenvalue weighted by atomic mass is 9.67. The molecule has 0 atom stereocenters. The number of thiazole rings is 1. The van der Waals surface area contributed by atoms with E-state index in [0.29, 0.717) is 6.54 Å². The number of rotatable bonds is 3. The second-order valence-electron chi connectivity index (χ2n) is 8.20. The van der Waals surface area contributed by atoms with E-state index in [1.807, 2.05) is 6.92 Å². The molecule has 0 amide bonds. The van der Waals surface area contributed by atoms with E-state index in [1.54, 1.807) is 16.0 Å². The fraction of sp³-hybridized carbons (Fsp3) is 0.611. The van der Waals surface area contributed by atoms with Crippen molar-refractivity contribution in [1.29, 1.82) is 0 Å². The minimum absolute atomic E-state index is 0.134. The molecule has 1 N–H and O–H groups in total. The summed E-state index contributed by atoms with van der Waals surface area (Å²) in [6.45, 7) is 11.2. The number of hydrogen-bond donors (Lipinski definition) is 1. The van der Waals surface area contributed by atoms with Crippen LogP contribution in [-0.4, -0.2) is 19.9 Å². The molecule has 3 rings (SSSR count). The Labute approximate surface area is 146 Å². The number of aliphatic hydroxyl groups excluding tert-OH is 1. The highest BCUT2D eigenvalue weighted by molar-refractivity contribution is 7.11. The van der Waals surface area contributed by atoms with Crippen molar-refractivity contribution < 1.29 is 5.11 Å². The van der Waals surface area contributed by atoms with Crippen molar-refractivity contribution in [2.24, 2.45) is 5.41 Å². The molecule has 0 radical (unpaired) electrons. The maximum atomic E-state index is 11.7. The van der Waals surface area contributed by atoms with Gasteiger partial charge in [0.25, 0.3) is 0 Å². The largest absolute Gasteiger partial charge is 0.390 e. The van der Waals surface area contributed by atoms with Crippen molar-refractivity contribution in [1.82, 2.24) is 14.8 Å². The zero-order valence-corrected chi connectivity index (χ0v) is 15.8. The molecule has 0 aromatic carbocycles. The molecule has 2 aromatic heterocycles. The highest BCUT2D eigenvalue weighted by Gasteiger charge is 2.39. The van der Waals surface area contributed by atoms with Gasteiger partial charge in [0.2, 0.25) is 5.43 Å². The second-order valence-corrected chi connectivity index (χ2v) is 9.28. The average molecular weight is 347 g/mol. The summed E-state index contributed by atoms with van der Waals surface area (Å²) in [5.74, 6) is 0. The van der Waals surface area contributed by atoms with Gasteiger partial charge in [-0.1, -0.05) is 27.7 Å². The molecule has 2 heterocycles. The van der Waals surface area contributed by atoms with Crippen molar-refractivity contribution in [2.75, 3.05) is 0 Å². The van der Waals surface area contributed by atoms with Crippen molar-refractivity contribution in [3.8, 4) is 0 Å². The van der Waals surface area contributed by atoms with Crippen LogP contribution in [0.5, 0.6) is 0 Å². The Morgan fingerprint density at radius 3 is 2.71 bits per heavy atom. The summed E-state index contributed by atoms with van der Waals surface area (Å²) >= 11 is 1.75. The highest BCUT2D eigenvalue weighted by Crippen LogP contribution is 2.47. The van der Waals surface area contributed by atoms with E-state index in [4.69, 9.17) is 4.98 Å². The van der Waals surface area contributed by atoms with Crippen LogP contribution in [-0.2, 0) is 25.0 Å². The van der Waals surface area contributed by atoms with Gasteiger partial charge in [0.1, 0.15) is 10.7 Å². The summed E-state index contributed by atoms with van der Waals surface area (Å²) in [5, 5.41) is 14.6. The predicted molar refractivity (Wildman–Crippen MR) is 95.5 cm³/mol. The van der Waals surface area contributed by atoms with Crippen LogP contribution in [0.15, 0.2) is 10.9 Å². The van der Waals surface area contributed by atoms with Crippen LogP contribution in [0.4, 0.5) is 0 Å². The molecule has 130 valence electrons. The van der Waals surface area contributed by atoms with Gasteiger partial charge < -0.3 is 5.11 Å². The molecule has 0 spiro atoms. The molecule has 5 nitrogen and oxygen atoms in total. The number of nitrogens with zero attached hydrogens (tertiary/aromatic N) is 3. The molecule has 0 saturated carbocycles. The summed E-state index contributed by atoms with van der Waals surface area (Å²) in [4.78, 5) is 18.0. The van der Waals surface area contributed by atoms with Crippen LogP contribution in [0.3, 0.4) is 0 Å². The van der Waals surface area contributed by atoms with Gasteiger partial charge in [0, 0.05) is 22.1 Å². The van der Waals surface area contributed by atoms with E-state index in [-0.39, 0.29) is 28.6 Å². The normalized spacial score (nSPS) is 18.4. The molecule has 1 aliphatic rings. The zero-order valence-electron chi connectivity index (χ0n) is 15.0. The van der Waals surface area contributed by atoms with Crippen molar-refractivity contribution in [3.05, 3.63) is 43.3 Å². The summed E-state index contributed by atoms with van der Waals surface area (Å²) in [7, 11) is 0. The molecule has 0 fully saturated rings. The monoisotopic (exact) mass is 347 g/mol. The third kappa shape index (κ3) is 3.17. The molecule has 0 unspecified atom stereocenters. The molecule has 0 aliphatic heterocycles. The topological polar surface area (TPSA) is 68.0 Å². The van der Waals surface area contributed by atoms with Gasteiger partial charge >= 0.3 is 0 Å². The SMILES string of the molecule is Cc1cc(=O)c(CO)nn1Cc1nc2c(s1)C(C)(C)CC(C)(C)C2.